The van der Waals surface area contributed by atoms with E-state index in [1.165, 1.54) is 11.3 Å². The second-order valence-corrected chi connectivity index (χ2v) is 7.04. The van der Waals surface area contributed by atoms with E-state index >= 15 is 0 Å². The van der Waals surface area contributed by atoms with Crippen LogP contribution in [0, 0.1) is 11.8 Å². The van der Waals surface area contributed by atoms with Gasteiger partial charge in [0, 0.05) is 11.8 Å². The number of aromatic nitrogens is 3. The van der Waals surface area contributed by atoms with Crippen molar-refractivity contribution in [3.8, 4) is 5.75 Å². The van der Waals surface area contributed by atoms with Gasteiger partial charge in [-0.25, -0.2) is 0 Å². The first kappa shape index (κ1) is 17.4. The lowest BCUT2D eigenvalue weighted by molar-refractivity contribution is -0.926. The van der Waals surface area contributed by atoms with Crippen molar-refractivity contribution in [3.05, 3.63) is 30.1 Å². The molecule has 1 aliphatic heterocycles. The number of anilines is 3. The van der Waals surface area contributed by atoms with Crippen LogP contribution in [0.2, 0.25) is 0 Å². The second-order valence-electron chi connectivity index (χ2n) is 7.04. The number of benzene rings is 1. The summed E-state index contributed by atoms with van der Waals surface area (Å²) in [7, 11) is 1.63. The summed E-state index contributed by atoms with van der Waals surface area (Å²) in [6.07, 6.45) is 1.30. The quantitative estimate of drug-likeness (QED) is 0.757. The van der Waals surface area contributed by atoms with Gasteiger partial charge in [-0.15, -0.1) is 0 Å². The highest BCUT2D eigenvalue weighted by Gasteiger charge is 2.26. The predicted octanol–water partition coefficient (Wildman–Crippen LogP) is 1.27. The van der Waals surface area contributed by atoms with Crippen molar-refractivity contribution in [1.82, 2.24) is 15.0 Å². The molecule has 25 heavy (non-hydrogen) atoms. The largest absolute Gasteiger partial charge is 0.495 e. The molecule has 3 atom stereocenters. The predicted molar refractivity (Wildman–Crippen MR) is 97.9 cm³/mol. The van der Waals surface area contributed by atoms with Gasteiger partial charge < -0.3 is 20.7 Å². The number of nitrogens with one attached hydrogen (secondary N) is 2. The average Bonchev–Trinajstić information content (AvgIpc) is 2.53. The standard InChI is InChI=1S/C18H26N6O/c1-12-8-13(2)10-24(9-12)11-16-21-17(19)23-18(22-16)20-14-6-4-5-7-15(14)25-3/h4-7,12-13H,8-11H2,1-3H3,(H3,19,20,21,22,23)/p+1/t12-,13+. The number of quaternary nitrogens is 1. The lowest BCUT2D eigenvalue weighted by atomic mass is 9.92. The van der Waals surface area contributed by atoms with Crippen LogP contribution in [-0.2, 0) is 6.54 Å². The summed E-state index contributed by atoms with van der Waals surface area (Å²) in [5.41, 5.74) is 6.70. The van der Waals surface area contributed by atoms with Crippen LogP contribution >= 0.6 is 0 Å². The number of nitrogens with zero attached hydrogens (tertiary/aromatic N) is 3. The first-order valence-corrected chi connectivity index (χ1v) is 8.77. The normalized spacial score (nSPS) is 23.2. The lowest BCUT2D eigenvalue weighted by Gasteiger charge is -2.31. The fourth-order valence-corrected chi connectivity index (χ4v) is 3.73. The van der Waals surface area contributed by atoms with Crippen molar-refractivity contribution in [3.63, 3.8) is 0 Å². The van der Waals surface area contributed by atoms with E-state index in [9.17, 15) is 0 Å². The Bertz CT molecular complexity index is 712. The van der Waals surface area contributed by atoms with Crippen LogP contribution in [0.15, 0.2) is 24.3 Å². The lowest BCUT2D eigenvalue weighted by Crippen LogP contribution is -3.13. The summed E-state index contributed by atoms with van der Waals surface area (Å²) in [5.74, 6) is 3.59. The van der Waals surface area contributed by atoms with Crippen LogP contribution in [0.25, 0.3) is 0 Å². The fourth-order valence-electron chi connectivity index (χ4n) is 3.73. The zero-order chi connectivity index (χ0) is 17.8. The number of rotatable bonds is 5. The summed E-state index contributed by atoms with van der Waals surface area (Å²) < 4.78 is 5.35. The van der Waals surface area contributed by atoms with Gasteiger partial charge in [-0.2, -0.15) is 15.0 Å². The van der Waals surface area contributed by atoms with Crippen molar-refractivity contribution in [2.45, 2.75) is 26.8 Å². The third kappa shape index (κ3) is 4.57. The third-order valence-electron chi connectivity index (χ3n) is 4.54. The Balaban J connectivity index is 1.76. The molecule has 2 heterocycles. The van der Waals surface area contributed by atoms with Crippen LogP contribution in [-0.4, -0.2) is 35.2 Å². The first-order chi connectivity index (χ1) is 12.0. The van der Waals surface area contributed by atoms with E-state index in [2.05, 4.69) is 34.1 Å². The Morgan fingerprint density at radius 1 is 1.16 bits per heavy atom. The number of hydrogen-bond acceptors (Lipinski definition) is 6. The van der Waals surface area contributed by atoms with Gasteiger partial charge in [-0.05, 0) is 18.6 Å². The van der Waals surface area contributed by atoms with Gasteiger partial charge in [0.15, 0.2) is 5.82 Å². The van der Waals surface area contributed by atoms with Crippen LogP contribution in [0.3, 0.4) is 0 Å². The molecule has 0 amide bonds. The fraction of sp³-hybridized carbons (Fsp3) is 0.500. The molecule has 0 saturated carbocycles. The van der Waals surface area contributed by atoms with Gasteiger partial charge in [0.25, 0.3) is 0 Å². The molecule has 1 aromatic carbocycles. The number of hydrogen-bond donors (Lipinski definition) is 3. The van der Waals surface area contributed by atoms with Crippen LogP contribution in [0.4, 0.5) is 17.6 Å². The minimum absolute atomic E-state index is 0.236. The Kier molecular flexibility index (Phi) is 5.33. The number of nitrogen functional groups attached to an aromatic ring is 1. The van der Waals surface area contributed by atoms with Gasteiger partial charge in [-0.1, -0.05) is 26.0 Å². The molecule has 1 aliphatic rings. The second kappa shape index (κ2) is 7.65. The molecule has 0 radical (unpaired) electrons. The summed E-state index contributed by atoms with van der Waals surface area (Å²) in [5, 5.41) is 3.18. The van der Waals surface area contributed by atoms with Crippen molar-refractivity contribution in [2.75, 3.05) is 31.2 Å². The van der Waals surface area contributed by atoms with Crippen LogP contribution < -0.4 is 20.7 Å². The van der Waals surface area contributed by atoms with Gasteiger partial charge in [0.2, 0.25) is 11.9 Å². The molecule has 0 aliphatic carbocycles. The zero-order valence-electron chi connectivity index (χ0n) is 15.1. The summed E-state index contributed by atoms with van der Waals surface area (Å²) in [4.78, 5) is 14.6. The highest BCUT2D eigenvalue weighted by atomic mass is 16.5. The van der Waals surface area contributed by atoms with E-state index < -0.39 is 0 Å². The van der Waals surface area contributed by atoms with Crippen molar-refractivity contribution >= 4 is 17.6 Å². The maximum Gasteiger partial charge on any atom is 0.232 e. The van der Waals surface area contributed by atoms with Crippen molar-refractivity contribution in [2.24, 2.45) is 11.8 Å². The molecular weight excluding hydrogens is 316 g/mol. The SMILES string of the molecule is COc1ccccc1Nc1nc(N)nc(C[NH+]2C[C@H](C)C[C@H](C)C2)n1. The summed E-state index contributed by atoms with van der Waals surface area (Å²) in [6, 6.07) is 7.64. The smallest absolute Gasteiger partial charge is 0.232 e. The van der Waals surface area contributed by atoms with E-state index in [0.29, 0.717) is 5.95 Å². The molecule has 7 heteroatoms. The maximum atomic E-state index is 5.90. The minimum Gasteiger partial charge on any atom is -0.495 e. The molecule has 1 unspecified atom stereocenters. The topological polar surface area (TPSA) is 90.4 Å². The van der Waals surface area contributed by atoms with Crippen molar-refractivity contribution < 1.29 is 9.64 Å². The van der Waals surface area contributed by atoms with E-state index in [-0.39, 0.29) is 5.95 Å². The number of methoxy groups -OCH3 is 1. The Morgan fingerprint density at radius 3 is 2.60 bits per heavy atom. The zero-order valence-corrected chi connectivity index (χ0v) is 15.1. The van der Waals surface area contributed by atoms with Crippen molar-refractivity contribution in [1.29, 1.82) is 0 Å². The summed E-state index contributed by atoms with van der Waals surface area (Å²) >= 11 is 0. The van der Waals surface area contributed by atoms with Crippen LogP contribution in [0.5, 0.6) is 5.75 Å². The molecule has 4 N–H and O–H groups in total. The number of ether oxygens (including phenoxy) is 1. The molecule has 2 aromatic rings. The van der Waals surface area contributed by atoms with Gasteiger partial charge in [0.1, 0.15) is 12.3 Å². The molecule has 0 bridgehead atoms. The molecule has 0 spiro atoms. The van der Waals surface area contributed by atoms with E-state index in [4.69, 9.17) is 10.5 Å². The van der Waals surface area contributed by atoms with Gasteiger partial charge in [-0.3, -0.25) is 0 Å². The minimum atomic E-state index is 0.236. The molecule has 1 aromatic heterocycles. The molecular formula is C18H27N6O+. The van der Waals surface area contributed by atoms with E-state index in [0.717, 1.165) is 48.7 Å². The Labute approximate surface area is 148 Å². The first-order valence-electron chi connectivity index (χ1n) is 8.77. The summed E-state index contributed by atoms with van der Waals surface area (Å²) in [6.45, 7) is 7.68. The monoisotopic (exact) mass is 343 g/mol. The maximum absolute atomic E-state index is 5.90. The highest BCUT2D eigenvalue weighted by molar-refractivity contribution is 5.62. The third-order valence-corrected chi connectivity index (χ3v) is 4.54. The molecule has 7 nitrogen and oxygen atoms in total. The molecule has 1 saturated heterocycles. The van der Waals surface area contributed by atoms with Gasteiger partial charge in [0.05, 0.1) is 25.9 Å². The molecule has 1 fully saturated rings. The average molecular weight is 343 g/mol. The van der Waals surface area contributed by atoms with E-state index in [1.54, 1.807) is 7.11 Å². The molecule has 134 valence electrons. The van der Waals surface area contributed by atoms with E-state index in [1.807, 2.05) is 24.3 Å². The number of likely N-dealkylation sites (tertiary alicyclic amines) is 1. The number of nitrogens with two attached hydrogens (primary N) is 1. The van der Waals surface area contributed by atoms with Gasteiger partial charge >= 0.3 is 0 Å². The Morgan fingerprint density at radius 2 is 1.88 bits per heavy atom. The highest BCUT2D eigenvalue weighted by Crippen LogP contribution is 2.25. The number of piperidine rings is 1. The molecule has 3 rings (SSSR count). The number of para-hydroxylation sites is 2. The Hall–Kier alpha value is -2.41. The van der Waals surface area contributed by atoms with Crippen LogP contribution in [0.1, 0.15) is 26.1 Å².